The first-order chi connectivity index (χ1) is 9.44. The molecule has 110 valence electrons. The second-order valence-corrected chi connectivity index (χ2v) is 5.81. The molecule has 0 saturated carbocycles. The SMILES string of the molecule is C[C@H]1C[C@H](C)CN(CC(=O)Nc2cc(F)ccc2F)C1. The molecule has 0 bridgehead atoms. The van der Waals surface area contributed by atoms with E-state index in [4.69, 9.17) is 0 Å². The van der Waals surface area contributed by atoms with E-state index in [1.807, 2.05) is 0 Å². The molecule has 0 aromatic heterocycles. The number of amides is 1. The standard InChI is InChI=1S/C15H20F2N2O/c1-10-5-11(2)8-19(7-10)9-15(20)18-14-6-12(16)3-4-13(14)17/h3-4,6,10-11H,5,7-9H2,1-2H3,(H,18,20)/t10-,11-/m0/s1. The number of hydrogen-bond acceptors (Lipinski definition) is 2. The van der Waals surface area contributed by atoms with Gasteiger partial charge in [-0.1, -0.05) is 13.8 Å². The molecule has 5 heteroatoms. The average Bonchev–Trinajstić information content (AvgIpc) is 2.32. The third-order valence-corrected chi connectivity index (χ3v) is 3.51. The summed E-state index contributed by atoms with van der Waals surface area (Å²) < 4.78 is 26.5. The fourth-order valence-electron chi connectivity index (χ4n) is 2.91. The van der Waals surface area contributed by atoms with E-state index in [0.29, 0.717) is 11.8 Å². The van der Waals surface area contributed by atoms with E-state index in [-0.39, 0.29) is 18.1 Å². The molecule has 1 saturated heterocycles. The van der Waals surface area contributed by atoms with Crippen molar-refractivity contribution in [2.45, 2.75) is 20.3 Å². The molecular weight excluding hydrogens is 262 g/mol. The van der Waals surface area contributed by atoms with Gasteiger partial charge in [0.15, 0.2) is 0 Å². The number of carbonyl (C=O) groups excluding carboxylic acids is 1. The molecule has 0 aliphatic carbocycles. The van der Waals surface area contributed by atoms with Crippen LogP contribution in [0, 0.1) is 23.5 Å². The second kappa shape index (κ2) is 6.31. The highest BCUT2D eigenvalue weighted by atomic mass is 19.1. The summed E-state index contributed by atoms with van der Waals surface area (Å²) >= 11 is 0. The summed E-state index contributed by atoms with van der Waals surface area (Å²) in [7, 11) is 0. The minimum atomic E-state index is -0.625. The molecule has 2 atom stereocenters. The summed E-state index contributed by atoms with van der Waals surface area (Å²) in [5, 5.41) is 2.43. The molecule has 3 nitrogen and oxygen atoms in total. The Morgan fingerprint density at radius 1 is 1.30 bits per heavy atom. The molecule has 1 N–H and O–H groups in total. The van der Waals surface area contributed by atoms with E-state index >= 15 is 0 Å². The molecule has 1 heterocycles. The molecule has 1 aliphatic heterocycles. The summed E-state index contributed by atoms with van der Waals surface area (Å²) in [6, 6.07) is 3.03. The van der Waals surface area contributed by atoms with Gasteiger partial charge in [-0.05, 0) is 30.4 Å². The number of nitrogens with one attached hydrogen (secondary N) is 1. The first-order valence-electron chi connectivity index (χ1n) is 6.91. The number of hydrogen-bond donors (Lipinski definition) is 1. The molecule has 0 unspecified atom stereocenters. The van der Waals surface area contributed by atoms with Crippen LogP contribution in [-0.4, -0.2) is 30.4 Å². The van der Waals surface area contributed by atoms with Crippen LogP contribution in [0.3, 0.4) is 0 Å². The van der Waals surface area contributed by atoms with E-state index in [2.05, 4.69) is 24.1 Å². The molecule has 20 heavy (non-hydrogen) atoms. The van der Waals surface area contributed by atoms with Crippen LogP contribution >= 0.6 is 0 Å². The van der Waals surface area contributed by atoms with Gasteiger partial charge in [0.1, 0.15) is 11.6 Å². The van der Waals surface area contributed by atoms with Gasteiger partial charge in [-0.3, -0.25) is 9.69 Å². The van der Waals surface area contributed by atoms with Gasteiger partial charge in [-0.2, -0.15) is 0 Å². The molecule has 0 radical (unpaired) electrons. The maximum atomic E-state index is 13.4. The van der Waals surface area contributed by atoms with Gasteiger partial charge in [-0.25, -0.2) is 8.78 Å². The average molecular weight is 282 g/mol. The highest BCUT2D eigenvalue weighted by Crippen LogP contribution is 2.21. The van der Waals surface area contributed by atoms with Gasteiger partial charge < -0.3 is 5.32 Å². The number of nitrogens with zero attached hydrogens (tertiary/aromatic N) is 1. The van der Waals surface area contributed by atoms with E-state index in [0.717, 1.165) is 37.7 Å². The zero-order chi connectivity index (χ0) is 14.7. The van der Waals surface area contributed by atoms with Crippen molar-refractivity contribution in [1.29, 1.82) is 0 Å². The quantitative estimate of drug-likeness (QED) is 0.924. The van der Waals surface area contributed by atoms with Crippen LogP contribution < -0.4 is 5.32 Å². The van der Waals surface area contributed by atoms with Gasteiger partial charge in [0.05, 0.1) is 12.2 Å². The monoisotopic (exact) mass is 282 g/mol. The van der Waals surface area contributed by atoms with Gasteiger partial charge >= 0.3 is 0 Å². The van der Waals surface area contributed by atoms with Crippen LogP contribution in [-0.2, 0) is 4.79 Å². The van der Waals surface area contributed by atoms with Crippen LogP contribution in [0.15, 0.2) is 18.2 Å². The molecule has 0 spiro atoms. The molecule has 1 fully saturated rings. The van der Waals surface area contributed by atoms with Crippen molar-refractivity contribution in [2.24, 2.45) is 11.8 Å². The van der Waals surface area contributed by atoms with Crippen molar-refractivity contribution in [1.82, 2.24) is 4.90 Å². The van der Waals surface area contributed by atoms with Crippen molar-refractivity contribution in [2.75, 3.05) is 25.0 Å². The first-order valence-corrected chi connectivity index (χ1v) is 6.91. The maximum absolute atomic E-state index is 13.4. The lowest BCUT2D eigenvalue weighted by molar-refractivity contribution is -0.117. The number of likely N-dealkylation sites (tertiary alicyclic amines) is 1. The van der Waals surface area contributed by atoms with E-state index in [1.165, 1.54) is 0 Å². The summed E-state index contributed by atoms with van der Waals surface area (Å²) in [5.41, 5.74) is -0.104. The Bertz CT molecular complexity index is 483. The Balaban J connectivity index is 1.93. The smallest absolute Gasteiger partial charge is 0.238 e. The van der Waals surface area contributed by atoms with Gasteiger partial charge in [-0.15, -0.1) is 0 Å². The third-order valence-electron chi connectivity index (χ3n) is 3.51. The van der Waals surface area contributed by atoms with Crippen LogP contribution in [0.25, 0.3) is 0 Å². The maximum Gasteiger partial charge on any atom is 0.238 e. The lowest BCUT2D eigenvalue weighted by atomic mass is 9.92. The lowest BCUT2D eigenvalue weighted by Gasteiger charge is -2.34. The van der Waals surface area contributed by atoms with Crippen LogP contribution in [0.4, 0.5) is 14.5 Å². The minimum Gasteiger partial charge on any atom is -0.322 e. The molecule has 1 aliphatic rings. The minimum absolute atomic E-state index is 0.104. The lowest BCUT2D eigenvalue weighted by Crippen LogP contribution is -2.42. The van der Waals surface area contributed by atoms with E-state index in [9.17, 15) is 13.6 Å². The number of piperidine rings is 1. The molecule has 2 rings (SSSR count). The largest absolute Gasteiger partial charge is 0.322 e. The fourth-order valence-corrected chi connectivity index (χ4v) is 2.91. The van der Waals surface area contributed by atoms with E-state index < -0.39 is 11.6 Å². The zero-order valence-corrected chi connectivity index (χ0v) is 11.8. The topological polar surface area (TPSA) is 32.3 Å². The molecule has 1 aromatic carbocycles. The molecular formula is C15H20F2N2O. The van der Waals surface area contributed by atoms with Crippen molar-refractivity contribution < 1.29 is 13.6 Å². The zero-order valence-electron chi connectivity index (χ0n) is 11.8. The summed E-state index contributed by atoms with van der Waals surface area (Å²) in [6.07, 6.45) is 1.16. The number of halogens is 2. The fraction of sp³-hybridized carbons (Fsp3) is 0.533. The highest BCUT2D eigenvalue weighted by molar-refractivity contribution is 5.92. The summed E-state index contributed by atoms with van der Waals surface area (Å²) in [6.45, 7) is 6.26. The number of anilines is 1. The number of carbonyl (C=O) groups is 1. The predicted molar refractivity (Wildman–Crippen MR) is 74.4 cm³/mol. The Hall–Kier alpha value is -1.49. The highest BCUT2D eigenvalue weighted by Gasteiger charge is 2.23. The number of benzene rings is 1. The summed E-state index contributed by atoms with van der Waals surface area (Å²) in [5.74, 6) is -0.396. The molecule has 1 aromatic rings. The number of rotatable bonds is 3. The van der Waals surface area contributed by atoms with Crippen LogP contribution in [0.2, 0.25) is 0 Å². The predicted octanol–water partition coefficient (Wildman–Crippen LogP) is 2.88. The third kappa shape index (κ3) is 4.00. The van der Waals surface area contributed by atoms with E-state index in [1.54, 1.807) is 0 Å². The van der Waals surface area contributed by atoms with Gasteiger partial charge in [0.2, 0.25) is 5.91 Å². The van der Waals surface area contributed by atoms with Gasteiger partial charge in [0.25, 0.3) is 0 Å². The Morgan fingerprint density at radius 3 is 2.60 bits per heavy atom. The first kappa shape index (κ1) is 14.9. The Kier molecular flexibility index (Phi) is 4.70. The normalized spacial score (nSPS) is 23.6. The Morgan fingerprint density at radius 2 is 1.95 bits per heavy atom. The van der Waals surface area contributed by atoms with Crippen LogP contribution in [0.5, 0.6) is 0 Å². The molecule has 1 amide bonds. The summed E-state index contributed by atoms with van der Waals surface area (Å²) in [4.78, 5) is 14.0. The van der Waals surface area contributed by atoms with Crippen molar-refractivity contribution >= 4 is 11.6 Å². The second-order valence-electron chi connectivity index (χ2n) is 5.81. The van der Waals surface area contributed by atoms with Crippen molar-refractivity contribution in [3.63, 3.8) is 0 Å². The van der Waals surface area contributed by atoms with Crippen molar-refractivity contribution in [3.05, 3.63) is 29.8 Å². The van der Waals surface area contributed by atoms with Gasteiger partial charge in [0, 0.05) is 19.2 Å². The van der Waals surface area contributed by atoms with Crippen molar-refractivity contribution in [3.8, 4) is 0 Å². The van der Waals surface area contributed by atoms with Crippen LogP contribution in [0.1, 0.15) is 20.3 Å². The Labute approximate surface area is 118 Å².